The molecule has 0 aliphatic rings. The highest BCUT2D eigenvalue weighted by Crippen LogP contribution is 2.23. The molecule has 0 radical (unpaired) electrons. The summed E-state index contributed by atoms with van der Waals surface area (Å²) < 4.78 is 3.13. The van der Waals surface area contributed by atoms with E-state index in [1.54, 1.807) is 4.52 Å². The Balaban J connectivity index is 2.22. The van der Waals surface area contributed by atoms with E-state index in [4.69, 9.17) is 23.5 Å². The SMILES string of the molecule is N[n+]1c([S-])nn2c(-c3ccccc3)nc3ccccc3c21. The Bertz CT molecular complexity index is 962. The molecular weight excluding hydrogens is 282 g/mol. The third-order valence-corrected chi connectivity index (χ3v) is 3.70. The Morgan fingerprint density at radius 2 is 1.71 bits per heavy atom. The molecule has 2 heterocycles. The van der Waals surface area contributed by atoms with E-state index in [9.17, 15) is 0 Å². The summed E-state index contributed by atoms with van der Waals surface area (Å²) in [5.74, 6) is 6.77. The van der Waals surface area contributed by atoms with Gasteiger partial charge in [-0.15, -0.1) is 0 Å². The van der Waals surface area contributed by atoms with Crippen molar-refractivity contribution in [3.63, 3.8) is 0 Å². The molecule has 0 fully saturated rings. The monoisotopic (exact) mass is 293 g/mol. The summed E-state index contributed by atoms with van der Waals surface area (Å²) in [5.41, 5.74) is 2.56. The fourth-order valence-corrected chi connectivity index (χ4v) is 2.63. The van der Waals surface area contributed by atoms with Gasteiger partial charge < -0.3 is 12.6 Å². The number of benzene rings is 2. The Labute approximate surface area is 126 Å². The molecule has 0 aliphatic carbocycles. The van der Waals surface area contributed by atoms with E-state index in [2.05, 4.69) is 5.10 Å². The second kappa shape index (κ2) is 4.39. The van der Waals surface area contributed by atoms with E-state index in [1.807, 2.05) is 54.6 Å². The van der Waals surface area contributed by atoms with Gasteiger partial charge in [-0.3, -0.25) is 5.84 Å². The van der Waals surface area contributed by atoms with Gasteiger partial charge >= 0.3 is 0 Å². The van der Waals surface area contributed by atoms with Crippen LogP contribution in [0.2, 0.25) is 0 Å². The highest BCUT2D eigenvalue weighted by molar-refractivity contribution is 7.58. The Morgan fingerprint density at radius 1 is 1.00 bits per heavy atom. The summed E-state index contributed by atoms with van der Waals surface area (Å²) in [5, 5.41) is 5.59. The van der Waals surface area contributed by atoms with Crippen molar-refractivity contribution >= 4 is 29.2 Å². The fraction of sp³-hybridized carbons (Fsp3) is 0. The number of aromatic nitrogens is 4. The smallest absolute Gasteiger partial charge is 0.297 e. The molecule has 5 nitrogen and oxygen atoms in total. The van der Waals surface area contributed by atoms with Crippen molar-refractivity contribution in [1.82, 2.24) is 14.6 Å². The van der Waals surface area contributed by atoms with Crippen molar-refractivity contribution in [2.24, 2.45) is 0 Å². The second-order valence-electron chi connectivity index (χ2n) is 4.71. The minimum atomic E-state index is 0.324. The van der Waals surface area contributed by atoms with E-state index in [1.165, 1.54) is 4.68 Å². The molecule has 0 unspecified atom stereocenters. The molecule has 0 saturated heterocycles. The van der Waals surface area contributed by atoms with Crippen LogP contribution in [0.25, 0.3) is 27.9 Å². The molecule has 0 spiro atoms. The van der Waals surface area contributed by atoms with Crippen LogP contribution in [0.5, 0.6) is 0 Å². The van der Waals surface area contributed by atoms with Crippen LogP contribution in [0, 0.1) is 0 Å². The van der Waals surface area contributed by atoms with Crippen LogP contribution in [0.1, 0.15) is 0 Å². The van der Waals surface area contributed by atoms with Crippen LogP contribution in [-0.4, -0.2) is 14.6 Å². The van der Waals surface area contributed by atoms with E-state index >= 15 is 0 Å². The van der Waals surface area contributed by atoms with Gasteiger partial charge in [-0.25, -0.2) is 4.98 Å². The van der Waals surface area contributed by atoms with E-state index in [0.29, 0.717) is 5.16 Å². The van der Waals surface area contributed by atoms with E-state index in [0.717, 1.165) is 27.9 Å². The summed E-state index contributed by atoms with van der Waals surface area (Å²) in [4.78, 5) is 4.71. The highest BCUT2D eigenvalue weighted by atomic mass is 32.1. The third-order valence-electron chi connectivity index (χ3n) is 3.42. The average Bonchev–Trinajstić information content (AvgIpc) is 2.83. The Kier molecular flexibility index (Phi) is 2.52. The molecule has 0 saturated carbocycles. The normalized spacial score (nSPS) is 11.2. The number of hydrogen-bond acceptors (Lipinski definition) is 4. The van der Waals surface area contributed by atoms with Crippen LogP contribution >= 0.6 is 0 Å². The van der Waals surface area contributed by atoms with Gasteiger partial charge in [0.25, 0.3) is 5.65 Å². The molecule has 4 rings (SSSR count). The zero-order valence-electron chi connectivity index (χ0n) is 11.0. The molecular formula is C15H11N5S. The van der Waals surface area contributed by atoms with Crippen LogP contribution in [-0.2, 0) is 12.6 Å². The quantitative estimate of drug-likeness (QED) is 0.328. The first kappa shape index (κ1) is 12.0. The number of fused-ring (bicyclic) bond motifs is 3. The molecule has 4 aromatic rings. The van der Waals surface area contributed by atoms with Gasteiger partial charge in [0.15, 0.2) is 5.16 Å². The van der Waals surface area contributed by atoms with E-state index < -0.39 is 0 Å². The average molecular weight is 293 g/mol. The summed E-state index contributed by atoms with van der Waals surface area (Å²) in [6.45, 7) is 0. The van der Waals surface area contributed by atoms with Gasteiger partial charge in [-0.05, 0) is 24.3 Å². The van der Waals surface area contributed by atoms with Gasteiger partial charge in [0, 0.05) is 10.7 Å². The molecule has 0 aliphatic heterocycles. The van der Waals surface area contributed by atoms with Crippen LogP contribution in [0.15, 0.2) is 59.8 Å². The molecule has 2 aromatic heterocycles. The van der Waals surface area contributed by atoms with Crippen molar-refractivity contribution in [3.05, 3.63) is 54.6 Å². The zero-order chi connectivity index (χ0) is 14.4. The largest absolute Gasteiger partial charge is 0.701 e. The minimum absolute atomic E-state index is 0.324. The maximum Gasteiger partial charge on any atom is 0.297 e. The summed E-state index contributed by atoms with van der Waals surface area (Å²) in [7, 11) is 0. The molecule has 0 bridgehead atoms. The van der Waals surface area contributed by atoms with Crippen LogP contribution in [0.4, 0.5) is 0 Å². The lowest BCUT2D eigenvalue weighted by Gasteiger charge is -2.02. The van der Waals surface area contributed by atoms with Crippen molar-refractivity contribution in [2.75, 3.05) is 5.84 Å². The lowest BCUT2D eigenvalue weighted by Crippen LogP contribution is -2.46. The van der Waals surface area contributed by atoms with Gasteiger partial charge in [0.2, 0.25) is 5.82 Å². The minimum Gasteiger partial charge on any atom is -0.701 e. The first-order chi connectivity index (χ1) is 10.3. The predicted octanol–water partition coefficient (Wildman–Crippen LogP) is 1.46. The van der Waals surface area contributed by atoms with Crippen molar-refractivity contribution in [1.29, 1.82) is 0 Å². The van der Waals surface area contributed by atoms with Gasteiger partial charge in [-0.1, -0.05) is 34.8 Å². The maximum atomic E-state index is 6.05. The number of hydrogen-bond donors (Lipinski definition) is 1. The van der Waals surface area contributed by atoms with Crippen LogP contribution < -0.4 is 10.5 Å². The molecule has 0 atom stereocenters. The number of para-hydroxylation sites is 1. The molecule has 2 aromatic carbocycles. The third kappa shape index (κ3) is 1.73. The van der Waals surface area contributed by atoms with Crippen molar-refractivity contribution in [2.45, 2.75) is 5.16 Å². The molecule has 0 amide bonds. The summed E-state index contributed by atoms with van der Waals surface area (Å²) in [6.07, 6.45) is 0. The standard InChI is InChI=1S/C15H11N5S/c16-19-14-11-8-4-5-9-12(11)17-13(20(14)18-15(19)21)10-6-2-1-3-7-10/h1-9H,16H2. The number of nitrogens with zero attached hydrogens (tertiary/aromatic N) is 4. The van der Waals surface area contributed by atoms with Gasteiger partial charge in [0.1, 0.15) is 0 Å². The van der Waals surface area contributed by atoms with Gasteiger partial charge in [0.05, 0.1) is 10.9 Å². The van der Waals surface area contributed by atoms with Crippen molar-refractivity contribution < 1.29 is 4.68 Å². The molecule has 102 valence electrons. The summed E-state index contributed by atoms with van der Waals surface area (Å²) >= 11 is 5.20. The Hall–Kier alpha value is -2.73. The zero-order valence-corrected chi connectivity index (χ0v) is 11.8. The van der Waals surface area contributed by atoms with Crippen molar-refractivity contribution in [3.8, 4) is 11.4 Å². The van der Waals surface area contributed by atoms with Crippen LogP contribution in [0.3, 0.4) is 0 Å². The number of nitrogens with two attached hydrogens (primary N) is 1. The predicted molar refractivity (Wildman–Crippen MR) is 81.9 cm³/mol. The summed E-state index contributed by atoms with van der Waals surface area (Å²) in [6, 6.07) is 17.7. The van der Waals surface area contributed by atoms with Gasteiger partial charge in [-0.2, -0.15) is 4.68 Å². The highest BCUT2D eigenvalue weighted by Gasteiger charge is 2.21. The topological polar surface area (TPSA) is 60.1 Å². The maximum absolute atomic E-state index is 6.05. The number of nitrogen functional groups attached to an aromatic ring is 1. The fourth-order valence-electron chi connectivity index (χ4n) is 2.46. The molecule has 21 heavy (non-hydrogen) atoms. The first-order valence-electron chi connectivity index (χ1n) is 6.47. The second-order valence-corrected chi connectivity index (χ2v) is 5.07. The lowest BCUT2D eigenvalue weighted by atomic mass is 10.2. The number of rotatable bonds is 1. The molecule has 2 N–H and O–H groups in total. The molecule has 6 heteroatoms. The van der Waals surface area contributed by atoms with E-state index in [-0.39, 0.29) is 0 Å². The lowest BCUT2D eigenvalue weighted by molar-refractivity contribution is -0.651. The first-order valence-corrected chi connectivity index (χ1v) is 6.87. The Morgan fingerprint density at radius 3 is 2.52 bits per heavy atom.